The Morgan fingerprint density at radius 2 is 1.26 bits per heavy atom. The fourth-order valence-corrected chi connectivity index (χ4v) is 4.90. The summed E-state index contributed by atoms with van der Waals surface area (Å²) in [5, 5.41) is 57.3. The minimum Gasteiger partial charge on any atom is -0.390 e. The van der Waals surface area contributed by atoms with E-state index in [9.17, 15) is 44.7 Å². The van der Waals surface area contributed by atoms with E-state index in [1.54, 1.807) is 6.92 Å². The molecule has 2 rings (SSSR count). The minimum absolute atomic E-state index is 0.0260. The summed E-state index contributed by atoms with van der Waals surface area (Å²) in [6.07, 6.45) is -7.99. The van der Waals surface area contributed by atoms with Gasteiger partial charge in [-0.2, -0.15) is 0 Å². The van der Waals surface area contributed by atoms with Crippen LogP contribution in [-0.4, -0.2) is 156 Å². The third-order valence-electron chi connectivity index (χ3n) is 7.73. The van der Waals surface area contributed by atoms with Crippen LogP contribution in [-0.2, 0) is 38.1 Å². The summed E-state index contributed by atoms with van der Waals surface area (Å²) in [6, 6.07) is 0. The lowest BCUT2D eigenvalue weighted by Crippen LogP contribution is -2.57. The van der Waals surface area contributed by atoms with Gasteiger partial charge in [0.2, 0.25) is 23.6 Å². The van der Waals surface area contributed by atoms with Crippen LogP contribution in [0.15, 0.2) is 0 Å². The van der Waals surface area contributed by atoms with Gasteiger partial charge in [0, 0.05) is 65.3 Å². The standard InChI is InChI=1S/C29H52N4O13/c1-17-16-19(34)25(40)28(45-17)43-14-10-31-21(36)8-12-33(23(38)7-5-4-6-20(35)30-3)13-9-22(37)32-11-15-44-29-27(42)26(41)24(39)18(2)46-29/h17-19,24-29,34,39-42H,4-16H2,1-3H3,(H,30,35)(H,31,36)(H,32,37)/t17-,18-,19+,24+,25-,26+,27-,28+,29+/m0/s1. The largest absolute Gasteiger partial charge is 0.390 e. The maximum atomic E-state index is 12.9. The highest BCUT2D eigenvalue weighted by atomic mass is 16.7. The van der Waals surface area contributed by atoms with E-state index in [1.165, 1.54) is 18.9 Å². The van der Waals surface area contributed by atoms with Crippen molar-refractivity contribution in [3.63, 3.8) is 0 Å². The predicted octanol–water partition coefficient (Wildman–Crippen LogP) is -3.15. The van der Waals surface area contributed by atoms with Crippen LogP contribution in [0.5, 0.6) is 0 Å². The van der Waals surface area contributed by atoms with Gasteiger partial charge in [0.25, 0.3) is 0 Å². The second-order valence-corrected chi connectivity index (χ2v) is 11.5. The summed E-state index contributed by atoms with van der Waals surface area (Å²) in [5.74, 6) is -1.14. The molecule has 2 saturated heterocycles. The van der Waals surface area contributed by atoms with Crippen LogP contribution in [0.2, 0.25) is 0 Å². The molecule has 2 aliphatic rings. The molecule has 0 spiro atoms. The Kier molecular flexibility index (Phi) is 17.9. The molecule has 0 unspecified atom stereocenters. The molecule has 0 aliphatic carbocycles. The Bertz CT molecular complexity index is 960. The molecule has 0 aromatic heterocycles. The predicted molar refractivity (Wildman–Crippen MR) is 160 cm³/mol. The van der Waals surface area contributed by atoms with Crippen LogP contribution >= 0.6 is 0 Å². The van der Waals surface area contributed by atoms with Crippen LogP contribution in [0.4, 0.5) is 0 Å². The monoisotopic (exact) mass is 664 g/mol. The summed E-state index contributed by atoms with van der Waals surface area (Å²) >= 11 is 0. The van der Waals surface area contributed by atoms with Crippen molar-refractivity contribution in [1.29, 1.82) is 0 Å². The van der Waals surface area contributed by atoms with E-state index in [0.717, 1.165) is 0 Å². The first-order valence-electron chi connectivity index (χ1n) is 15.8. The number of nitrogens with one attached hydrogen (secondary N) is 3. The maximum absolute atomic E-state index is 12.9. The van der Waals surface area contributed by atoms with Crippen molar-refractivity contribution in [3.05, 3.63) is 0 Å². The highest BCUT2D eigenvalue weighted by Crippen LogP contribution is 2.22. The van der Waals surface area contributed by atoms with Crippen molar-refractivity contribution in [2.45, 2.75) is 114 Å². The zero-order valence-corrected chi connectivity index (χ0v) is 26.8. The van der Waals surface area contributed by atoms with E-state index in [2.05, 4.69) is 16.0 Å². The van der Waals surface area contributed by atoms with Crippen molar-refractivity contribution in [2.24, 2.45) is 0 Å². The second-order valence-electron chi connectivity index (χ2n) is 11.5. The average Bonchev–Trinajstić information content (AvgIpc) is 3.02. The molecule has 46 heavy (non-hydrogen) atoms. The molecule has 0 radical (unpaired) electrons. The van der Waals surface area contributed by atoms with E-state index < -0.39 is 49.2 Å². The van der Waals surface area contributed by atoms with Crippen LogP contribution in [0.3, 0.4) is 0 Å². The Morgan fingerprint density at radius 3 is 1.83 bits per heavy atom. The summed E-state index contributed by atoms with van der Waals surface area (Å²) in [4.78, 5) is 50.7. The van der Waals surface area contributed by atoms with Crippen molar-refractivity contribution >= 4 is 23.6 Å². The number of rotatable bonds is 19. The number of carbonyl (C=O) groups excluding carboxylic acids is 4. The molecule has 17 heteroatoms. The minimum atomic E-state index is -1.46. The SMILES string of the molecule is CNC(=O)CCCCC(=O)N(CCC(=O)NCCO[C@@H]1O[C@@H](C)[C@@H](O)[C@@H](O)[C@@H]1O)CCC(=O)NCCO[C@@H]1O[C@@H](C)C[C@@H](O)[C@@H]1O. The van der Waals surface area contributed by atoms with Crippen LogP contribution < -0.4 is 16.0 Å². The van der Waals surface area contributed by atoms with Gasteiger partial charge in [-0.15, -0.1) is 0 Å². The molecule has 0 bridgehead atoms. The van der Waals surface area contributed by atoms with E-state index in [0.29, 0.717) is 12.8 Å². The number of nitrogens with zero attached hydrogens (tertiary/aromatic N) is 1. The molecule has 8 N–H and O–H groups in total. The number of hydrogen-bond acceptors (Lipinski definition) is 13. The van der Waals surface area contributed by atoms with Gasteiger partial charge in [0.05, 0.1) is 31.5 Å². The molecular weight excluding hydrogens is 612 g/mol. The fraction of sp³-hybridized carbons (Fsp3) is 0.862. The van der Waals surface area contributed by atoms with Crippen molar-refractivity contribution < 1.29 is 63.7 Å². The van der Waals surface area contributed by atoms with Gasteiger partial charge in [0.1, 0.15) is 24.4 Å². The number of carbonyl (C=O) groups is 4. The van der Waals surface area contributed by atoms with Gasteiger partial charge < -0.3 is 65.3 Å². The smallest absolute Gasteiger partial charge is 0.222 e. The van der Waals surface area contributed by atoms with Gasteiger partial charge in [-0.25, -0.2) is 0 Å². The number of amides is 4. The third-order valence-corrected chi connectivity index (χ3v) is 7.73. The highest BCUT2D eigenvalue weighted by Gasteiger charge is 2.42. The van der Waals surface area contributed by atoms with Gasteiger partial charge >= 0.3 is 0 Å². The Morgan fingerprint density at radius 1 is 0.717 bits per heavy atom. The van der Waals surface area contributed by atoms with Crippen molar-refractivity contribution in [3.8, 4) is 0 Å². The molecule has 266 valence electrons. The van der Waals surface area contributed by atoms with Crippen LogP contribution in [0, 0.1) is 0 Å². The molecule has 0 saturated carbocycles. The molecule has 2 aliphatic heterocycles. The van der Waals surface area contributed by atoms with E-state index >= 15 is 0 Å². The lowest BCUT2D eigenvalue weighted by molar-refractivity contribution is -0.292. The zero-order chi connectivity index (χ0) is 34.2. The molecule has 0 aromatic rings. The second kappa shape index (κ2) is 20.7. The molecule has 2 fully saturated rings. The zero-order valence-electron chi connectivity index (χ0n) is 26.8. The van der Waals surface area contributed by atoms with E-state index in [-0.39, 0.29) is 101 Å². The van der Waals surface area contributed by atoms with Crippen molar-refractivity contribution in [1.82, 2.24) is 20.9 Å². The first-order chi connectivity index (χ1) is 21.8. The number of unbranched alkanes of at least 4 members (excludes halogenated alkanes) is 1. The molecule has 4 amide bonds. The molecular formula is C29H52N4O13. The number of hydrogen-bond donors (Lipinski definition) is 8. The highest BCUT2D eigenvalue weighted by molar-refractivity contribution is 5.80. The molecule has 9 atom stereocenters. The van der Waals surface area contributed by atoms with Crippen LogP contribution in [0.25, 0.3) is 0 Å². The first kappa shape index (κ1) is 39.7. The Balaban J connectivity index is 1.76. The third kappa shape index (κ3) is 13.7. The lowest BCUT2D eigenvalue weighted by atomic mass is 10.0. The summed E-state index contributed by atoms with van der Waals surface area (Å²) in [7, 11) is 1.53. The Labute approximate surface area is 268 Å². The van der Waals surface area contributed by atoms with Crippen molar-refractivity contribution in [2.75, 3.05) is 46.4 Å². The summed E-state index contributed by atoms with van der Waals surface area (Å²) < 4.78 is 21.7. The number of aliphatic hydroxyl groups is 5. The van der Waals surface area contributed by atoms with Gasteiger partial charge in [-0.1, -0.05) is 0 Å². The number of aliphatic hydroxyl groups excluding tert-OH is 5. The number of ether oxygens (including phenoxy) is 4. The average molecular weight is 665 g/mol. The van der Waals surface area contributed by atoms with Gasteiger partial charge in [-0.3, -0.25) is 19.2 Å². The summed E-state index contributed by atoms with van der Waals surface area (Å²) in [6.45, 7) is 3.50. The molecule has 17 nitrogen and oxygen atoms in total. The first-order valence-corrected chi connectivity index (χ1v) is 15.8. The van der Waals surface area contributed by atoms with Gasteiger partial charge in [0.15, 0.2) is 12.6 Å². The maximum Gasteiger partial charge on any atom is 0.222 e. The molecule has 0 aromatic carbocycles. The van der Waals surface area contributed by atoms with E-state index in [1.807, 2.05) is 0 Å². The normalized spacial score (nSPS) is 29.5. The summed E-state index contributed by atoms with van der Waals surface area (Å²) in [5.41, 5.74) is 0. The lowest BCUT2D eigenvalue weighted by Gasteiger charge is -2.38. The molecule has 2 heterocycles. The van der Waals surface area contributed by atoms with E-state index in [4.69, 9.17) is 18.9 Å². The van der Waals surface area contributed by atoms with Crippen LogP contribution in [0.1, 0.15) is 58.8 Å². The van der Waals surface area contributed by atoms with Gasteiger partial charge in [-0.05, 0) is 26.7 Å². The fourth-order valence-electron chi connectivity index (χ4n) is 4.90. The topological polar surface area (TPSA) is 246 Å². The Hall–Kier alpha value is -2.48. The quantitative estimate of drug-likeness (QED) is 0.0637.